The number of benzene rings is 1. The number of guanidine groups is 1. The van der Waals surface area contributed by atoms with E-state index in [0.29, 0.717) is 26.4 Å². The van der Waals surface area contributed by atoms with E-state index in [9.17, 15) is 0 Å². The van der Waals surface area contributed by atoms with Crippen LogP contribution in [-0.2, 0) is 24.8 Å². The van der Waals surface area contributed by atoms with Gasteiger partial charge in [-0.2, -0.15) is 5.10 Å². The first-order valence-electron chi connectivity index (χ1n) is 10.4. The lowest BCUT2D eigenvalue weighted by Gasteiger charge is -2.13. The minimum atomic E-state index is 0. The van der Waals surface area contributed by atoms with Crippen molar-refractivity contribution < 1.29 is 9.47 Å². The lowest BCUT2D eigenvalue weighted by molar-refractivity contribution is 0.110. The normalized spacial score (nSPS) is 11.1. The van der Waals surface area contributed by atoms with Gasteiger partial charge in [-0.3, -0.25) is 4.68 Å². The van der Waals surface area contributed by atoms with Crippen LogP contribution < -0.4 is 15.4 Å². The van der Waals surface area contributed by atoms with E-state index in [0.717, 1.165) is 43.2 Å². The summed E-state index contributed by atoms with van der Waals surface area (Å²) in [5, 5.41) is 10.9. The van der Waals surface area contributed by atoms with E-state index in [4.69, 9.17) is 14.5 Å². The van der Waals surface area contributed by atoms with E-state index in [2.05, 4.69) is 54.0 Å². The van der Waals surface area contributed by atoms with Crippen molar-refractivity contribution in [3.05, 3.63) is 47.3 Å². The van der Waals surface area contributed by atoms with Gasteiger partial charge in [0.2, 0.25) is 0 Å². The maximum Gasteiger partial charge on any atom is 0.191 e. The molecular formula is C22H36IN5O2. The molecule has 1 aromatic heterocycles. The number of nitrogens with one attached hydrogen (secondary N) is 2. The topological polar surface area (TPSA) is 72.7 Å². The van der Waals surface area contributed by atoms with Crippen LogP contribution in [0.25, 0.3) is 0 Å². The highest BCUT2D eigenvalue weighted by molar-refractivity contribution is 14.0. The molecule has 1 heterocycles. The molecule has 2 N–H and O–H groups in total. The lowest BCUT2D eigenvalue weighted by Crippen LogP contribution is -2.37. The van der Waals surface area contributed by atoms with E-state index in [1.807, 2.05) is 24.9 Å². The van der Waals surface area contributed by atoms with Crippen LogP contribution in [0.1, 0.15) is 37.0 Å². The van der Waals surface area contributed by atoms with Crippen molar-refractivity contribution in [3.63, 3.8) is 0 Å². The summed E-state index contributed by atoms with van der Waals surface area (Å²) in [6.45, 7) is 10.2. The zero-order valence-corrected chi connectivity index (χ0v) is 20.9. The largest absolute Gasteiger partial charge is 0.491 e. The Morgan fingerprint density at radius 1 is 1.20 bits per heavy atom. The summed E-state index contributed by atoms with van der Waals surface area (Å²) < 4.78 is 13.1. The Morgan fingerprint density at radius 2 is 2.03 bits per heavy atom. The van der Waals surface area contributed by atoms with Crippen molar-refractivity contribution in [1.29, 1.82) is 0 Å². The molecule has 30 heavy (non-hydrogen) atoms. The van der Waals surface area contributed by atoms with E-state index in [1.54, 1.807) is 0 Å². The number of hydrogen-bond acceptors (Lipinski definition) is 4. The molecule has 0 atom stereocenters. The highest BCUT2D eigenvalue weighted by Gasteiger charge is 2.05. The first-order valence-corrected chi connectivity index (χ1v) is 10.4. The van der Waals surface area contributed by atoms with Gasteiger partial charge in [0.1, 0.15) is 12.4 Å². The first kappa shape index (κ1) is 26.2. The number of aliphatic imine (C=N–C) groups is 1. The Bertz CT molecular complexity index is 764. The van der Waals surface area contributed by atoms with Crippen molar-refractivity contribution >= 4 is 29.9 Å². The van der Waals surface area contributed by atoms with Crippen molar-refractivity contribution in [2.24, 2.45) is 12.0 Å². The van der Waals surface area contributed by atoms with Crippen molar-refractivity contribution in [3.8, 4) is 5.75 Å². The molecule has 7 nitrogen and oxygen atoms in total. The predicted molar refractivity (Wildman–Crippen MR) is 133 cm³/mol. The molecule has 0 aliphatic heterocycles. The van der Waals surface area contributed by atoms with Gasteiger partial charge >= 0.3 is 0 Å². The number of hydrogen-bond donors (Lipinski definition) is 2. The number of rotatable bonds is 12. The molecule has 0 fully saturated rings. The summed E-state index contributed by atoms with van der Waals surface area (Å²) >= 11 is 0. The standard InChI is InChI=1S/C22H35N5O2.HI/c1-5-23-22(24-11-7-8-19-15-26-27(4)17-19)25-16-20-10-9-18(3)14-21(20)29-13-12-28-6-2;/h9-10,14-15,17H,5-8,11-13,16H2,1-4H3,(H2,23,24,25);1H. The number of ether oxygens (including phenoxy) is 2. The molecule has 2 aromatic rings. The number of aromatic nitrogens is 2. The monoisotopic (exact) mass is 529 g/mol. The fourth-order valence-corrected chi connectivity index (χ4v) is 2.89. The summed E-state index contributed by atoms with van der Waals surface area (Å²) in [4.78, 5) is 4.73. The SMILES string of the molecule is CCNC(=NCc1ccc(C)cc1OCCOCC)NCCCc1cnn(C)c1.I. The smallest absolute Gasteiger partial charge is 0.191 e. The van der Waals surface area contributed by atoms with Crippen molar-refractivity contribution in [1.82, 2.24) is 20.4 Å². The van der Waals surface area contributed by atoms with Crippen LogP contribution in [0.3, 0.4) is 0 Å². The van der Waals surface area contributed by atoms with Gasteiger partial charge in [-0.25, -0.2) is 4.99 Å². The highest BCUT2D eigenvalue weighted by Crippen LogP contribution is 2.21. The van der Waals surface area contributed by atoms with Gasteiger partial charge in [0.15, 0.2) is 5.96 Å². The Balaban J connectivity index is 0.00000450. The van der Waals surface area contributed by atoms with E-state index in [-0.39, 0.29) is 24.0 Å². The van der Waals surface area contributed by atoms with Crippen LogP contribution in [0.4, 0.5) is 0 Å². The molecule has 0 bridgehead atoms. The average Bonchev–Trinajstić information content (AvgIpc) is 3.12. The summed E-state index contributed by atoms with van der Waals surface area (Å²) in [5.74, 6) is 1.69. The second-order valence-electron chi connectivity index (χ2n) is 6.90. The minimum Gasteiger partial charge on any atom is -0.491 e. The second-order valence-corrected chi connectivity index (χ2v) is 6.90. The molecule has 168 valence electrons. The fourth-order valence-electron chi connectivity index (χ4n) is 2.89. The zero-order chi connectivity index (χ0) is 20.9. The first-order chi connectivity index (χ1) is 14.1. The minimum absolute atomic E-state index is 0. The van der Waals surface area contributed by atoms with E-state index in [1.165, 1.54) is 11.1 Å². The molecule has 0 saturated heterocycles. The van der Waals surface area contributed by atoms with Gasteiger partial charge in [0.05, 0.1) is 19.3 Å². The fraction of sp³-hybridized carbons (Fsp3) is 0.545. The average molecular weight is 529 g/mol. The van der Waals surface area contributed by atoms with Crippen LogP contribution in [0.5, 0.6) is 5.75 Å². The van der Waals surface area contributed by atoms with Crippen LogP contribution >= 0.6 is 24.0 Å². The summed E-state index contributed by atoms with van der Waals surface area (Å²) in [5.41, 5.74) is 3.49. The van der Waals surface area contributed by atoms with Gasteiger partial charge in [0.25, 0.3) is 0 Å². The van der Waals surface area contributed by atoms with Crippen molar-refractivity contribution in [2.75, 3.05) is 32.9 Å². The molecule has 0 aliphatic carbocycles. The van der Waals surface area contributed by atoms with Gasteiger partial charge in [-0.15, -0.1) is 24.0 Å². The molecule has 1 aromatic carbocycles. The highest BCUT2D eigenvalue weighted by atomic mass is 127. The summed E-state index contributed by atoms with van der Waals surface area (Å²) in [6, 6.07) is 6.24. The number of nitrogens with zero attached hydrogens (tertiary/aromatic N) is 3. The van der Waals surface area contributed by atoms with Crippen LogP contribution in [0, 0.1) is 6.92 Å². The second kappa shape index (κ2) is 15.1. The molecule has 0 unspecified atom stereocenters. The third-order valence-corrected chi connectivity index (χ3v) is 4.36. The van der Waals surface area contributed by atoms with Crippen LogP contribution in [0.15, 0.2) is 35.6 Å². The summed E-state index contributed by atoms with van der Waals surface area (Å²) in [7, 11) is 1.94. The number of halogens is 1. The predicted octanol–water partition coefficient (Wildman–Crippen LogP) is 3.45. The Hall–Kier alpha value is -1.81. The van der Waals surface area contributed by atoms with Crippen LogP contribution in [-0.4, -0.2) is 48.7 Å². The Labute approximate surface area is 197 Å². The van der Waals surface area contributed by atoms with E-state index < -0.39 is 0 Å². The van der Waals surface area contributed by atoms with Gasteiger partial charge in [0, 0.05) is 38.5 Å². The number of aryl methyl sites for hydroxylation is 3. The molecule has 0 aliphatic rings. The van der Waals surface area contributed by atoms with Crippen LogP contribution in [0.2, 0.25) is 0 Å². The summed E-state index contributed by atoms with van der Waals surface area (Å²) in [6.07, 6.45) is 6.00. The van der Waals surface area contributed by atoms with Gasteiger partial charge in [-0.1, -0.05) is 12.1 Å². The zero-order valence-electron chi connectivity index (χ0n) is 18.6. The molecule has 0 spiro atoms. The Morgan fingerprint density at radius 3 is 2.73 bits per heavy atom. The third-order valence-electron chi connectivity index (χ3n) is 4.36. The van der Waals surface area contributed by atoms with Gasteiger partial charge < -0.3 is 20.1 Å². The molecular weight excluding hydrogens is 493 g/mol. The maximum absolute atomic E-state index is 5.92. The Kier molecular flexibility index (Phi) is 13.2. The molecule has 0 saturated carbocycles. The molecule has 0 amide bonds. The third kappa shape index (κ3) is 9.80. The molecule has 2 rings (SSSR count). The molecule has 0 radical (unpaired) electrons. The van der Waals surface area contributed by atoms with E-state index >= 15 is 0 Å². The lowest BCUT2D eigenvalue weighted by atomic mass is 10.1. The molecule has 8 heteroatoms. The van der Waals surface area contributed by atoms with Crippen molar-refractivity contribution in [2.45, 2.75) is 40.2 Å². The van der Waals surface area contributed by atoms with Gasteiger partial charge in [-0.05, 0) is 50.8 Å². The maximum atomic E-state index is 5.92. The quantitative estimate of drug-likeness (QED) is 0.191.